The Labute approximate surface area is 304 Å². The number of para-hydroxylation sites is 1. The summed E-state index contributed by atoms with van der Waals surface area (Å²) in [5, 5.41) is 14.6. The highest BCUT2D eigenvalue weighted by Gasteiger charge is 2.19. The molecular weight excluding hydrogens is 653 g/mol. The van der Waals surface area contributed by atoms with E-state index in [9.17, 15) is 5.26 Å². The van der Waals surface area contributed by atoms with Gasteiger partial charge in [0.25, 0.3) is 0 Å². The molecule has 0 saturated heterocycles. The van der Waals surface area contributed by atoms with Crippen molar-refractivity contribution in [2.75, 3.05) is 0 Å². The van der Waals surface area contributed by atoms with Gasteiger partial charge in [-0.1, -0.05) is 115 Å². The molecule has 0 spiro atoms. The maximum absolute atomic E-state index is 9.56. The molecule has 7 aromatic carbocycles. The minimum absolute atomic E-state index is 0.630. The second kappa shape index (κ2) is 12.2. The van der Waals surface area contributed by atoms with Crippen LogP contribution in [-0.2, 0) is 0 Å². The van der Waals surface area contributed by atoms with Gasteiger partial charge in [0.1, 0.15) is 0 Å². The Morgan fingerprint density at radius 1 is 0.481 bits per heavy atom. The van der Waals surface area contributed by atoms with E-state index in [0.29, 0.717) is 11.4 Å². The van der Waals surface area contributed by atoms with Gasteiger partial charge in [-0.05, 0) is 65.7 Å². The lowest BCUT2D eigenvalue weighted by Gasteiger charge is -2.15. The molecule has 0 bridgehead atoms. The Hall–Kier alpha value is -6.87. The van der Waals surface area contributed by atoms with Crippen LogP contribution in [0.5, 0.6) is 0 Å². The third-order valence-corrected chi connectivity index (χ3v) is 11.0. The van der Waals surface area contributed by atoms with E-state index in [2.05, 4.69) is 120 Å². The first-order valence-electron chi connectivity index (χ1n) is 17.2. The Bertz CT molecular complexity index is 2950. The molecule has 0 fully saturated rings. The lowest BCUT2D eigenvalue weighted by molar-refractivity contribution is 1.16. The van der Waals surface area contributed by atoms with Gasteiger partial charge in [-0.25, -0.2) is 9.97 Å². The maximum Gasteiger partial charge on any atom is 0.160 e. The Kier molecular flexibility index (Phi) is 7.02. The van der Waals surface area contributed by atoms with Crippen molar-refractivity contribution in [3.05, 3.63) is 175 Å². The molecule has 52 heavy (non-hydrogen) atoms. The van der Waals surface area contributed by atoms with Crippen LogP contribution < -0.4 is 0 Å². The minimum Gasteiger partial charge on any atom is -0.309 e. The number of benzene rings is 7. The first kappa shape index (κ1) is 30.0. The van der Waals surface area contributed by atoms with Crippen molar-refractivity contribution >= 4 is 53.3 Å². The molecule has 0 amide bonds. The van der Waals surface area contributed by atoms with Gasteiger partial charge in [0.2, 0.25) is 0 Å². The number of hydrogen-bond donors (Lipinski definition) is 0. The highest BCUT2D eigenvalue weighted by atomic mass is 32.1. The zero-order valence-electron chi connectivity index (χ0n) is 27.9. The quantitative estimate of drug-likeness (QED) is 0.182. The minimum atomic E-state index is 0.630. The van der Waals surface area contributed by atoms with E-state index in [1.54, 1.807) is 0 Å². The molecule has 0 saturated carbocycles. The van der Waals surface area contributed by atoms with E-state index >= 15 is 0 Å². The number of nitrogens with zero attached hydrogens (tertiary/aromatic N) is 4. The summed E-state index contributed by atoms with van der Waals surface area (Å²) in [7, 11) is 0. The van der Waals surface area contributed by atoms with Crippen molar-refractivity contribution in [1.82, 2.24) is 14.5 Å². The van der Waals surface area contributed by atoms with Crippen molar-refractivity contribution in [3.8, 4) is 56.8 Å². The fraction of sp³-hybridized carbons (Fsp3) is 0. The van der Waals surface area contributed by atoms with Crippen LogP contribution in [0.4, 0.5) is 0 Å². The number of fused-ring (bicyclic) bond motifs is 7. The molecule has 0 aliphatic rings. The molecule has 0 aliphatic heterocycles. The second-order valence-corrected chi connectivity index (χ2v) is 14.0. The van der Waals surface area contributed by atoms with E-state index in [1.165, 1.54) is 30.9 Å². The maximum atomic E-state index is 9.56. The van der Waals surface area contributed by atoms with Crippen LogP contribution in [0.15, 0.2) is 170 Å². The molecule has 4 nitrogen and oxygen atoms in total. The summed E-state index contributed by atoms with van der Waals surface area (Å²) in [6.45, 7) is 0. The lowest BCUT2D eigenvalue weighted by Crippen LogP contribution is -1.99. The van der Waals surface area contributed by atoms with E-state index in [-0.39, 0.29) is 0 Å². The highest BCUT2D eigenvalue weighted by molar-refractivity contribution is 7.26. The Morgan fingerprint density at radius 2 is 1.13 bits per heavy atom. The number of rotatable bonds is 5. The number of aromatic nitrogens is 3. The van der Waals surface area contributed by atoms with Gasteiger partial charge in [0.05, 0.1) is 34.1 Å². The third kappa shape index (κ3) is 4.97. The second-order valence-electron chi connectivity index (χ2n) is 12.9. The zero-order valence-corrected chi connectivity index (χ0v) is 28.7. The van der Waals surface area contributed by atoms with Crippen LogP contribution in [0.2, 0.25) is 0 Å². The van der Waals surface area contributed by atoms with Gasteiger partial charge < -0.3 is 4.57 Å². The summed E-state index contributed by atoms with van der Waals surface area (Å²) < 4.78 is 4.98. The van der Waals surface area contributed by atoms with Gasteiger partial charge in [0.15, 0.2) is 5.82 Å². The number of hydrogen-bond acceptors (Lipinski definition) is 4. The van der Waals surface area contributed by atoms with Crippen LogP contribution in [0.25, 0.3) is 92.7 Å². The van der Waals surface area contributed by atoms with Crippen LogP contribution in [0.3, 0.4) is 0 Å². The summed E-state index contributed by atoms with van der Waals surface area (Å²) in [5.41, 5.74) is 10.7. The van der Waals surface area contributed by atoms with E-state index < -0.39 is 0 Å². The Morgan fingerprint density at radius 3 is 1.90 bits per heavy atom. The van der Waals surface area contributed by atoms with E-state index in [0.717, 1.165) is 55.9 Å². The molecular formula is C47H28N4S. The topological polar surface area (TPSA) is 54.5 Å². The standard InChI is InChI=1S/C47H28N4S/c48-29-30-19-21-31(22-20-30)34-25-35(41-28-40(32-11-3-1-4-12-32)49-47(50-41)33-13-5-2-6-14-33)27-36(26-34)51-42-17-9-7-16-39(42)45-43(51)24-23-38-37-15-8-10-18-44(37)52-46(38)45/h1-28H. The first-order valence-corrected chi connectivity index (χ1v) is 18.0. The van der Waals surface area contributed by atoms with Crippen molar-refractivity contribution in [2.24, 2.45) is 0 Å². The largest absolute Gasteiger partial charge is 0.309 e. The molecule has 242 valence electrons. The number of nitriles is 1. The third-order valence-electron chi connectivity index (χ3n) is 9.83. The normalized spacial score (nSPS) is 11.4. The smallest absolute Gasteiger partial charge is 0.160 e. The van der Waals surface area contributed by atoms with Crippen molar-refractivity contribution in [3.63, 3.8) is 0 Å². The van der Waals surface area contributed by atoms with Gasteiger partial charge >= 0.3 is 0 Å². The average Bonchev–Trinajstić information content (AvgIpc) is 3.77. The molecule has 0 radical (unpaired) electrons. The fourth-order valence-electron chi connectivity index (χ4n) is 7.37. The van der Waals surface area contributed by atoms with E-state index in [1.807, 2.05) is 72.0 Å². The Balaban J connectivity index is 1.27. The molecule has 3 heterocycles. The summed E-state index contributed by atoms with van der Waals surface area (Å²) in [6, 6.07) is 61.3. The summed E-state index contributed by atoms with van der Waals surface area (Å²) >= 11 is 1.86. The van der Waals surface area contributed by atoms with Gasteiger partial charge in [0, 0.05) is 53.3 Å². The van der Waals surface area contributed by atoms with Crippen LogP contribution in [-0.4, -0.2) is 14.5 Å². The van der Waals surface area contributed by atoms with E-state index in [4.69, 9.17) is 9.97 Å². The molecule has 3 aromatic heterocycles. The zero-order chi connectivity index (χ0) is 34.6. The predicted molar refractivity (Wildman–Crippen MR) is 216 cm³/mol. The summed E-state index contributed by atoms with van der Waals surface area (Å²) in [4.78, 5) is 10.3. The van der Waals surface area contributed by atoms with Crippen LogP contribution >= 0.6 is 11.3 Å². The van der Waals surface area contributed by atoms with Crippen LogP contribution in [0, 0.1) is 11.3 Å². The molecule has 10 aromatic rings. The first-order chi connectivity index (χ1) is 25.7. The highest BCUT2D eigenvalue weighted by Crippen LogP contribution is 2.44. The van der Waals surface area contributed by atoms with Gasteiger partial charge in [-0.15, -0.1) is 11.3 Å². The lowest BCUT2D eigenvalue weighted by atomic mass is 9.98. The van der Waals surface area contributed by atoms with Crippen LogP contribution in [0.1, 0.15) is 5.56 Å². The van der Waals surface area contributed by atoms with Gasteiger partial charge in [-0.3, -0.25) is 0 Å². The van der Waals surface area contributed by atoms with Crippen molar-refractivity contribution in [2.45, 2.75) is 0 Å². The van der Waals surface area contributed by atoms with Crippen molar-refractivity contribution < 1.29 is 0 Å². The molecule has 5 heteroatoms. The molecule has 0 N–H and O–H groups in total. The average molecular weight is 681 g/mol. The fourth-order valence-corrected chi connectivity index (χ4v) is 8.63. The molecule has 0 unspecified atom stereocenters. The summed E-state index contributed by atoms with van der Waals surface area (Å²) in [6.07, 6.45) is 0. The van der Waals surface area contributed by atoms with Crippen molar-refractivity contribution in [1.29, 1.82) is 5.26 Å². The SMILES string of the molecule is N#Cc1ccc(-c2cc(-c3cc(-c4ccccc4)nc(-c4ccccc4)n3)cc(-n3c4ccccc4c4c5sc6ccccc6c5ccc43)c2)cc1. The predicted octanol–water partition coefficient (Wildman–Crippen LogP) is 12.5. The molecule has 0 atom stereocenters. The molecule has 10 rings (SSSR count). The number of thiophene rings is 1. The summed E-state index contributed by atoms with van der Waals surface area (Å²) in [5.74, 6) is 0.672. The monoisotopic (exact) mass is 680 g/mol. The molecule has 0 aliphatic carbocycles. The van der Waals surface area contributed by atoms with Gasteiger partial charge in [-0.2, -0.15) is 5.26 Å².